The van der Waals surface area contributed by atoms with Crippen LogP contribution in [-0.4, -0.2) is 61.2 Å². The topological polar surface area (TPSA) is 110 Å². The number of ether oxygens (including phenoxy) is 1. The van der Waals surface area contributed by atoms with Crippen LogP contribution in [0.3, 0.4) is 0 Å². The minimum Gasteiger partial charge on any atom is -0.491 e. The van der Waals surface area contributed by atoms with E-state index >= 15 is 0 Å². The van der Waals surface area contributed by atoms with E-state index in [2.05, 4.69) is 22.2 Å². The molecule has 7 rings (SSSR count). The molecule has 0 radical (unpaired) electrons. The number of hydrogen-bond acceptors (Lipinski definition) is 9. The Morgan fingerprint density at radius 2 is 1.83 bits per heavy atom. The van der Waals surface area contributed by atoms with E-state index in [-0.39, 0.29) is 17.7 Å². The molecule has 2 aliphatic rings. The number of benzene rings is 1. The van der Waals surface area contributed by atoms with Gasteiger partial charge in [0.15, 0.2) is 0 Å². The zero-order valence-corrected chi connectivity index (χ0v) is 29.0. The van der Waals surface area contributed by atoms with Gasteiger partial charge in [0, 0.05) is 55.8 Å². The number of thiazole rings is 1. The lowest BCUT2D eigenvalue weighted by Crippen LogP contribution is -2.46. The molecule has 0 amide bonds. The molecule has 5 aromatic rings. The molecule has 0 unspecified atom stereocenters. The van der Waals surface area contributed by atoms with Gasteiger partial charge in [-0.2, -0.15) is 0 Å². The van der Waals surface area contributed by atoms with Crippen LogP contribution in [0.4, 0.5) is 0 Å². The maximum absolute atomic E-state index is 13.9. The molecule has 1 saturated heterocycles. The Bertz CT molecular complexity index is 2050. The Morgan fingerprint density at radius 3 is 2.57 bits per heavy atom. The minimum absolute atomic E-state index is 0.0246. The van der Waals surface area contributed by atoms with Crippen LogP contribution >= 0.6 is 34.3 Å². The van der Waals surface area contributed by atoms with Crippen molar-refractivity contribution in [2.75, 3.05) is 19.7 Å². The van der Waals surface area contributed by atoms with Crippen LogP contribution in [0.2, 0.25) is 5.02 Å². The number of carbonyl (C=O) groups is 1. The van der Waals surface area contributed by atoms with Crippen molar-refractivity contribution in [2.24, 2.45) is 0 Å². The molecule has 47 heavy (non-hydrogen) atoms. The van der Waals surface area contributed by atoms with Crippen molar-refractivity contribution in [1.29, 1.82) is 0 Å². The van der Waals surface area contributed by atoms with Gasteiger partial charge in [0.25, 0.3) is 5.56 Å². The molecule has 1 aliphatic heterocycles. The number of fused-ring (bicyclic) bond motifs is 2. The molecule has 9 nitrogen and oxygen atoms in total. The number of carboxylic acids is 1. The number of nitrogens with zero attached hydrogens (tertiary/aromatic N) is 5. The summed E-state index contributed by atoms with van der Waals surface area (Å²) in [4.78, 5) is 42.4. The summed E-state index contributed by atoms with van der Waals surface area (Å²) in [5.74, 6) is 0.808. The van der Waals surface area contributed by atoms with Crippen LogP contribution in [0.5, 0.6) is 5.75 Å². The molecule has 1 fully saturated rings. The number of carboxylic acid groups (broad SMARTS) is 1. The highest BCUT2D eigenvalue weighted by Gasteiger charge is 2.32. The summed E-state index contributed by atoms with van der Waals surface area (Å²) in [6, 6.07) is 7.67. The third-order valence-corrected chi connectivity index (χ3v) is 11.8. The molecule has 1 N–H and O–H groups in total. The number of halogens is 1. The molecular weight excluding hydrogens is 654 g/mol. The van der Waals surface area contributed by atoms with Crippen molar-refractivity contribution < 1.29 is 14.6 Å². The fourth-order valence-electron chi connectivity index (χ4n) is 7.03. The van der Waals surface area contributed by atoms with Gasteiger partial charge in [-0.15, -0.1) is 22.7 Å². The van der Waals surface area contributed by atoms with E-state index < -0.39 is 5.97 Å². The second kappa shape index (κ2) is 13.1. The van der Waals surface area contributed by atoms with E-state index in [1.807, 2.05) is 32.0 Å². The van der Waals surface area contributed by atoms with E-state index in [1.165, 1.54) is 16.3 Å². The smallest absolute Gasteiger partial charge is 0.338 e. The van der Waals surface area contributed by atoms with Gasteiger partial charge in [0.2, 0.25) is 0 Å². The summed E-state index contributed by atoms with van der Waals surface area (Å²) in [5.41, 5.74) is 5.76. The van der Waals surface area contributed by atoms with Crippen LogP contribution in [-0.2, 0) is 19.4 Å². The van der Waals surface area contributed by atoms with E-state index in [9.17, 15) is 14.7 Å². The van der Waals surface area contributed by atoms with Crippen molar-refractivity contribution in [2.45, 2.75) is 71.4 Å². The molecule has 12 heteroatoms. The minimum atomic E-state index is -1.01. The van der Waals surface area contributed by atoms with Crippen molar-refractivity contribution in [1.82, 2.24) is 24.4 Å². The number of piperidine rings is 1. The number of aromatic carboxylic acids is 1. The van der Waals surface area contributed by atoms with E-state index in [0.717, 1.165) is 78.0 Å². The number of likely N-dealkylation sites (tertiary alicyclic amines) is 1. The molecule has 1 aromatic carbocycles. The summed E-state index contributed by atoms with van der Waals surface area (Å²) in [7, 11) is 0. The Labute approximate surface area is 285 Å². The maximum atomic E-state index is 13.9. The fraction of sp³-hybridized carbons (Fsp3) is 0.400. The number of aryl methyl sites for hydroxylation is 4. The summed E-state index contributed by atoms with van der Waals surface area (Å²) in [6.45, 7) is 8.44. The molecule has 244 valence electrons. The number of rotatable bonds is 8. The lowest BCUT2D eigenvalue weighted by atomic mass is 9.88. The molecule has 0 spiro atoms. The van der Waals surface area contributed by atoms with Crippen LogP contribution in [0, 0.1) is 20.8 Å². The average Bonchev–Trinajstić information content (AvgIpc) is 3.69. The van der Waals surface area contributed by atoms with Crippen LogP contribution in [0.1, 0.15) is 69.0 Å². The molecule has 1 aliphatic carbocycles. The number of thiophene rings is 1. The number of hydrogen-bond donors (Lipinski definition) is 1. The first kappa shape index (κ1) is 31.9. The number of pyridine rings is 1. The third-order valence-electron chi connectivity index (χ3n) is 9.41. The summed E-state index contributed by atoms with van der Waals surface area (Å²) >= 11 is 9.54. The highest BCUT2D eigenvalue weighted by Crippen LogP contribution is 2.40. The largest absolute Gasteiger partial charge is 0.491 e. The first-order chi connectivity index (χ1) is 22.7. The van der Waals surface area contributed by atoms with Gasteiger partial charge in [-0.05, 0) is 90.2 Å². The molecular formula is C35H36ClN5O4S2. The normalized spacial score (nSPS) is 17.2. The van der Waals surface area contributed by atoms with E-state index in [1.54, 1.807) is 27.4 Å². The standard InChI is InChI=1S/C35H36ClN5O4S2/c1-19-14-26(32-31(37-19)28(18-46-32)35(43)44)25-15-23(36)4-7-30(25)45-13-12-41-21(3)39-29-6-5-24(16-27(29)34(41)42)40-10-8-22(9-11-40)33-38-20(2)17-47-33/h4,7,14-15,17-18,22,24H,5-6,8-13,16H2,1-3H3,(H,43,44)/t24-/m0/s1. The quantitative estimate of drug-likeness (QED) is 0.184. The SMILES string of the molecule is Cc1csc(C2CCN([C@H]3CCc4nc(C)n(CCOc5ccc(Cl)cc5-c5cc(C)nc6c(C(=O)O)csc56)c(=O)c4C3)CC2)n1. The Morgan fingerprint density at radius 1 is 1.02 bits per heavy atom. The molecule has 0 saturated carbocycles. The Hall–Kier alpha value is -3.64. The second-order valence-electron chi connectivity index (χ2n) is 12.5. The van der Waals surface area contributed by atoms with Crippen LogP contribution in [0.25, 0.3) is 21.3 Å². The number of aromatic nitrogens is 4. The predicted octanol–water partition coefficient (Wildman–Crippen LogP) is 7.07. The van der Waals surface area contributed by atoms with Crippen molar-refractivity contribution in [3.63, 3.8) is 0 Å². The Balaban J connectivity index is 1.07. The van der Waals surface area contributed by atoms with E-state index in [0.29, 0.717) is 46.3 Å². The lowest BCUT2D eigenvalue weighted by molar-refractivity contribution is 0.0699. The van der Waals surface area contributed by atoms with Gasteiger partial charge in [-0.25, -0.2) is 14.8 Å². The monoisotopic (exact) mass is 689 g/mol. The molecule has 4 aromatic heterocycles. The van der Waals surface area contributed by atoms with Crippen molar-refractivity contribution >= 4 is 50.5 Å². The highest BCUT2D eigenvalue weighted by molar-refractivity contribution is 7.18. The van der Waals surface area contributed by atoms with Gasteiger partial charge in [-0.3, -0.25) is 19.2 Å². The third kappa shape index (κ3) is 6.34. The van der Waals surface area contributed by atoms with Gasteiger partial charge in [0.05, 0.1) is 33.0 Å². The summed E-state index contributed by atoms with van der Waals surface area (Å²) in [6.07, 6.45) is 4.77. The molecule has 5 heterocycles. The van der Waals surface area contributed by atoms with Gasteiger partial charge in [-0.1, -0.05) is 11.6 Å². The first-order valence-electron chi connectivity index (χ1n) is 16.0. The zero-order valence-electron chi connectivity index (χ0n) is 26.6. The fourth-order valence-corrected chi connectivity index (χ4v) is 9.18. The Kier molecular flexibility index (Phi) is 8.90. The van der Waals surface area contributed by atoms with E-state index in [4.69, 9.17) is 26.3 Å². The molecule has 0 bridgehead atoms. The maximum Gasteiger partial charge on any atom is 0.338 e. The average molecular weight is 690 g/mol. The van der Waals surface area contributed by atoms with Crippen LogP contribution < -0.4 is 10.3 Å². The summed E-state index contributed by atoms with van der Waals surface area (Å²) in [5, 5.41) is 15.2. The first-order valence-corrected chi connectivity index (χ1v) is 18.1. The molecule has 1 atom stereocenters. The predicted molar refractivity (Wildman–Crippen MR) is 187 cm³/mol. The van der Waals surface area contributed by atoms with Gasteiger partial charge >= 0.3 is 5.97 Å². The van der Waals surface area contributed by atoms with Crippen LogP contribution in [0.15, 0.2) is 39.8 Å². The van der Waals surface area contributed by atoms with Crippen molar-refractivity contribution in [3.05, 3.63) is 89.4 Å². The summed E-state index contributed by atoms with van der Waals surface area (Å²) < 4.78 is 8.81. The second-order valence-corrected chi connectivity index (χ2v) is 14.7. The van der Waals surface area contributed by atoms with Crippen molar-refractivity contribution in [3.8, 4) is 16.9 Å². The van der Waals surface area contributed by atoms with Gasteiger partial charge in [0.1, 0.15) is 18.2 Å². The van der Waals surface area contributed by atoms with Gasteiger partial charge < -0.3 is 9.84 Å². The zero-order chi connectivity index (χ0) is 32.8. The lowest BCUT2D eigenvalue weighted by Gasteiger charge is -2.39. The highest BCUT2D eigenvalue weighted by atomic mass is 35.5.